The normalized spacial score (nSPS) is 17.3. The fourth-order valence-corrected chi connectivity index (χ4v) is 4.38. The van der Waals surface area contributed by atoms with Crippen molar-refractivity contribution in [3.8, 4) is 0 Å². The molecule has 1 atom stereocenters. The van der Waals surface area contributed by atoms with Gasteiger partial charge < -0.3 is 15.4 Å². The molecule has 2 heterocycles. The molecule has 2 aromatic rings. The Bertz CT molecular complexity index is 746. The minimum Gasteiger partial charge on any atom is -0.381 e. The molecule has 0 bridgehead atoms. The first-order valence-corrected chi connectivity index (χ1v) is 10.9. The molecule has 1 aromatic heterocycles. The standard InChI is InChI=1S/C22H30FN3OS.HI/c1-3-24-21(25-15-17(2)20-5-4-14-28-20)26-16-22(10-12-27-13-11-22)18-6-8-19(23)9-7-18;/h4-9,14,17H,3,10-13,15-16H2,1-2H3,(H2,24,25,26);1H. The number of guanidine groups is 1. The molecule has 160 valence electrons. The fraction of sp³-hybridized carbons (Fsp3) is 0.500. The second kappa shape index (κ2) is 11.9. The zero-order chi connectivity index (χ0) is 19.8. The van der Waals surface area contributed by atoms with E-state index in [1.807, 2.05) is 12.1 Å². The SMILES string of the molecule is CCNC(=NCC1(c2ccc(F)cc2)CCOCC1)NCC(C)c1cccs1.I. The first-order chi connectivity index (χ1) is 13.6. The summed E-state index contributed by atoms with van der Waals surface area (Å²) in [6.45, 7) is 8.03. The highest BCUT2D eigenvalue weighted by molar-refractivity contribution is 14.0. The summed E-state index contributed by atoms with van der Waals surface area (Å²) < 4.78 is 19.0. The quantitative estimate of drug-likeness (QED) is 0.303. The van der Waals surface area contributed by atoms with Crippen LogP contribution in [0.1, 0.15) is 43.0 Å². The number of aliphatic imine (C=N–C) groups is 1. The third-order valence-electron chi connectivity index (χ3n) is 5.40. The molecule has 1 unspecified atom stereocenters. The van der Waals surface area contributed by atoms with Gasteiger partial charge in [-0.15, -0.1) is 35.3 Å². The third-order valence-corrected chi connectivity index (χ3v) is 6.50. The van der Waals surface area contributed by atoms with Crippen molar-refractivity contribution in [2.75, 3.05) is 32.8 Å². The van der Waals surface area contributed by atoms with Gasteiger partial charge in [-0.3, -0.25) is 4.99 Å². The molecule has 0 aliphatic carbocycles. The molecule has 1 aliphatic heterocycles. The Morgan fingerprint density at radius 2 is 1.93 bits per heavy atom. The van der Waals surface area contributed by atoms with E-state index >= 15 is 0 Å². The number of halogens is 2. The van der Waals surface area contributed by atoms with Gasteiger partial charge in [0, 0.05) is 42.5 Å². The Hall–Kier alpha value is -1.19. The lowest BCUT2D eigenvalue weighted by Crippen LogP contribution is -2.42. The third kappa shape index (κ3) is 6.65. The minimum absolute atomic E-state index is 0. The second-order valence-corrected chi connectivity index (χ2v) is 8.37. The number of rotatable bonds is 7. The van der Waals surface area contributed by atoms with Gasteiger partial charge in [-0.1, -0.05) is 25.1 Å². The van der Waals surface area contributed by atoms with Crippen LogP contribution in [0.25, 0.3) is 0 Å². The van der Waals surface area contributed by atoms with Gasteiger partial charge in [0.1, 0.15) is 5.82 Å². The van der Waals surface area contributed by atoms with Gasteiger partial charge in [-0.25, -0.2) is 4.39 Å². The van der Waals surface area contributed by atoms with Crippen LogP contribution in [-0.2, 0) is 10.2 Å². The van der Waals surface area contributed by atoms with Gasteiger partial charge in [0.05, 0.1) is 6.54 Å². The van der Waals surface area contributed by atoms with Crippen LogP contribution in [0.15, 0.2) is 46.8 Å². The molecule has 0 radical (unpaired) electrons. The van der Waals surface area contributed by atoms with Crippen LogP contribution in [0.5, 0.6) is 0 Å². The summed E-state index contributed by atoms with van der Waals surface area (Å²) >= 11 is 1.79. The Morgan fingerprint density at radius 1 is 1.21 bits per heavy atom. The van der Waals surface area contributed by atoms with Crippen molar-refractivity contribution in [1.82, 2.24) is 10.6 Å². The van der Waals surface area contributed by atoms with E-state index < -0.39 is 0 Å². The van der Waals surface area contributed by atoms with Gasteiger partial charge in [-0.05, 0) is 48.9 Å². The number of nitrogens with one attached hydrogen (secondary N) is 2. The molecule has 1 aromatic carbocycles. The topological polar surface area (TPSA) is 45.7 Å². The number of hydrogen-bond donors (Lipinski definition) is 2. The van der Waals surface area contributed by atoms with Crippen molar-refractivity contribution in [1.29, 1.82) is 0 Å². The molecular weight excluding hydrogens is 500 g/mol. The van der Waals surface area contributed by atoms with Crippen LogP contribution < -0.4 is 10.6 Å². The number of thiophene rings is 1. The van der Waals surface area contributed by atoms with Gasteiger partial charge in [0.25, 0.3) is 0 Å². The van der Waals surface area contributed by atoms with Gasteiger partial charge in [0.2, 0.25) is 0 Å². The highest BCUT2D eigenvalue weighted by Gasteiger charge is 2.34. The Kier molecular flexibility index (Phi) is 9.85. The van der Waals surface area contributed by atoms with E-state index in [4.69, 9.17) is 9.73 Å². The van der Waals surface area contributed by atoms with Crippen LogP contribution in [0, 0.1) is 5.82 Å². The van der Waals surface area contributed by atoms with E-state index in [0.717, 1.165) is 37.5 Å². The highest BCUT2D eigenvalue weighted by Crippen LogP contribution is 2.35. The van der Waals surface area contributed by atoms with Crippen LogP contribution in [0.2, 0.25) is 0 Å². The first-order valence-electron chi connectivity index (χ1n) is 10.0. The number of hydrogen-bond acceptors (Lipinski definition) is 3. The summed E-state index contributed by atoms with van der Waals surface area (Å²) in [5, 5.41) is 8.95. The second-order valence-electron chi connectivity index (χ2n) is 7.39. The van der Waals surface area contributed by atoms with Crippen molar-refractivity contribution < 1.29 is 9.13 Å². The summed E-state index contributed by atoms with van der Waals surface area (Å²) in [4.78, 5) is 6.28. The van der Waals surface area contributed by atoms with E-state index in [1.165, 1.54) is 4.88 Å². The largest absolute Gasteiger partial charge is 0.381 e. The Morgan fingerprint density at radius 3 is 2.55 bits per heavy atom. The molecule has 1 aliphatic rings. The monoisotopic (exact) mass is 531 g/mol. The van der Waals surface area contributed by atoms with E-state index in [-0.39, 0.29) is 35.2 Å². The highest BCUT2D eigenvalue weighted by atomic mass is 127. The van der Waals surface area contributed by atoms with Crippen molar-refractivity contribution in [3.63, 3.8) is 0 Å². The van der Waals surface area contributed by atoms with E-state index in [2.05, 4.69) is 42.0 Å². The lowest BCUT2D eigenvalue weighted by molar-refractivity contribution is 0.0531. The van der Waals surface area contributed by atoms with Crippen molar-refractivity contribution >= 4 is 41.3 Å². The molecule has 2 N–H and O–H groups in total. The zero-order valence-corrected chi connectivity index (χ0v) is 20.3. The summed E-state index contributed by atoms with van der Waals surface area (Å²) in [6.07, 6.45) is 1.79. The van der Waals surface area contributed by atoms with Crippen molar-refractivity contribution in [3.05, 3.63) is 58.0 Å². The summed E-state index contributed by atoms with van der Waals surface area (Å²) in [6, 6.07) is 11.1. The molecule has 0 spiro atoms. The fourth-order valence-electron chi connectivity index (χ4n) is 3.60. The summed E-state index contributed by atoms with van der Waals surface area (Å²) in [5.41, 5.74) is 1.04. The predicted molar refractivity (Wildman–Crippen MR) is 130 cm³/mol. The van der Waals surface area contributed by atoms with Gasteiger partial charge in [0.15, 0.2) is 5.96 Å². The lowest BCUT2D eigenvalue weighted by Gasteiger charge is -2.36. The number of benzene rings is 1. The zero-order valence-electron chi connectivity index (χ0n) is 17.1. The molecule has 0 amide bonds. The Balaban J connectivity index is 0.00000300. The molecule has 29 heavy (non-hydrogen) atoms. The molecule has 3 rings (SSSR count). The average Bonchev–Trinajstić information content (AvgIpc) is 3.26. The van der Waals surface area contributed by atoms with Crippen molar-refractivity contribution in [2.24, 2.45) is 4.99 Å². The molecule has 1 fully saturated rings. The number of ether oxygens (including phenoxy) is 1. The molecule has 1 saturated heterocycles. The van der Waals surface area contributed by atoms with E-state index in [0.29, 0.717) is 25.7 Å². The van der Waals surface area contributed by atoms with Crippen LogP contribution >= 0.6 is 35.3 Å². The first kappa shape index (κ1) is 24.1. The van der Waals surface area contributed by atoms with E-state index in [9.17, 15) is 4.39 Å². The molecule has 4 nitrogen and oxygen atoms in total. The maximum atomic E-state index is 13.4. The van der Waals surface area contributed by atoms with Crippen molar-refractivity contribution in [2.45, 2.75) is 38.0 Å². The van der Waals surface area contributed by atoms with Gasteiger partial charge >= 0.3 is 0 Å². The van der Waals surface area contributed by atoms with Crippen LogP contribution in [0.4, 0.5) is 4.39 Å². The average molecular weight is 531 g/mol. The summed E-state index contributed by atoms with van der Waals surface area (Å²) in [7, 11) is 0. The predicted octanol–water partition coefficient (Wildman–Crippen LogP) is 4.91. The molecule has 7 heteroatoms. The maximum Gasteiger partial charge on any atom is 0.191 e. The summed E-state index contributed by atoms with van der Waals surface area (Å²) in [5.74, 6) is 1.06. The smallest absolute Gasteiger partial charge is 0.191 e. The van der Waals surface area contributed by atoms with E-state index in [1.54, 1.807) is 23.5 Å². The maximum absolute atomic E-state index is 13.4. The lowest BCUT2D eigenvalue weighted by atomic mass is 9.74. The minimum atomic E-state index is -0.202. The van der Waals surface area contributed by atoms with Gasteiger partial charge in [-0.2, -0.15) is 0 Å². The van der Waals surface area contributed by atoms with Crippen LogP contribution in [-0.4, -0.2) is 38.8 Å². The Labute approximate surface area is 194 Å². The van der Waals surface area contributed by atoms with Crippen LogP contribution in [0.3, 0.4) is 0 Å². The number of nitrogens with zero attached hydrogens (tertiary/aromatic N) is 1. The molecule has 0 saturated carbocycles. The molecular formula is C22H31FIN3OS.